The second-order valence-electron chi connectivity index (χ2n) is 5.66. The Morgan fingerprint density at radius 2 is 2.16 bits per heavy atom. The Balaban J connectivity index is 1.86. The van der Waals surface area contributed by atoms with Crippen LogP contribution >= 0.6 is 11.8 Å². The molecule has 1 aliphatic heterocycles. The van der Waals surface area contributed by atoms with Gasteiger partial charge in [0.05, 0.1) is 5.41 Å². The number of hydrogen-bond acceptors (Lipinski definition) is 4. The smallest absolute Gasteiger partial charge is 0.227 e. The summed E-state index contributed by atoms with van der Waals surface area (Å²) in [5.41, 5.74) is 5.49. The molecule has 3 N–H and O–H groups in total. The molecule has 1 heterocycles. The minimum Gasteiger partial charge on any atom is -0.381 e. The predicted octanol–water partition coefficient (Wildman–Crippen LogP) is 1.53. The van der Waals surface area contributed by atoms with Crippen molar-refractivity contribution in [3.63, 3.8) is 0 Å². The van der Waals surface area contributed by atoms with Crippen LogP contribution in [0, 0.1) is 5.41 Å². The Morgan fingerprint density at radius 1 is 1.42 bits per heavy atom. The molecule has 1 saturated carbocycles. The molecular weight excluding hydrogens is 260 g/mol. The van der Waals surface area contributed by atoms with Crippen LogP contribution in [0.15, 0.2) is 0 Å². The highest BCUT2D eigenvalue weighted by Crippen LogP contribution is 2.33. The molecule has 0 bridgehead atoms. The van der Waals surface area contributed by atoms with Crippen molar-refractivity contribution in [1.82, 2.24) is 5.32 Å². The molecule has 0 spiro atoms. The van der Waals surface area contributed by atoms with Gasteiger partial charge in [0.25, 0.3) is 0 Å². The van der Waals surface area contributed by atoms with Gasteiger partial charge in [-0.15, -0.1) is 0 Å². The largest absolute Gasteiger partial charge is 0.381 e. The third-order valence-electron chi connectivity index (χ3n) is 4.44. The first-order valence-corrected chi connectivity index (χ1v) is 8.45. The van der Waals surface area contributed by atoms with Crippen LogP contribution in [0.25, 0.3) is 0 Å². The van der Waals surface area contributed by atoms with Crippen LogP contribution in [0.5, 0.6) is 0 Å². The van der Waals surface area contributed by atoms with E-state index in [4.69, 9.17) is 10.5 Å². The van der Waals surface area contributed by atoms with Crippen molar-refractivity contribution in [2.45, 2.75) is 50.3 Å². The van der Waals surface area contributed by atoms with E-state index in [1.54, 1.807) is 0 Å². The molecule has 2 rings (SSSR count). The zero-order valence-corrected chi connectivity index (χ0v) is 12.6. The number of thioether (sulfide) groups is 1. The fraction of sp³-hybridized carbons (Fsp3) is 0.929. The molecule has 0 aromatic rings. The average Bonchev–Trinajstić information content (AvgIpc) is 2.87. The van der Waals surface area contributed by atoms with Gasteiger partial charge in [-0.25, -0.2) is 0 Å². The van der Waals surface area contributed by atoms with Crippen LogP contribution < -0.4 is 11.1 Å². The second-order valence-corrected chi connectivity index (χ2v) is 7.23. The van der Waals surface area contributed by atoms with Crippen LogP contribution in [-0.2, 0) is 9.53 Å². The van der Waals surface area contributed by atoms with E-state index < -0.39 is 0 Å². The maximum Gasteiger partial charge on any atom is 0.227 e. The Kier molecular flexibility index (Phi) is 5.54. The van der Waals surface area contributed by atoms with Gasteiger partial charge < -0.3 is 15.8 Å². The number of carbonyl (C=O) groups excluding carboxylic acids is 1. The summed E-state index contributed by atoms with van der Waals surface area (Å²) in [5.74, 6) is 1.32. The number of amides is 1. The minimum absolute atomic E-state index is 0.158. The van der Waals surface area contributed by atoms with E-state index in [-0.39, 0.29) is 11.3 Å². The van der Waals surface area contributed by atoms with Gasteiger partial charge in [0, 0.05) is 31.1 Å². The molecule has 4 nitrogen and oxygen atoms in total. The van der Waals surface area contributed by atoms with E-state index in [9.17, 15) is 4.79 Å². The summed E-state index contributed by atoms with van der Waals surface area (Å²) in [6.07, 6.45) is 4.97. The number of rotatable bonds is 5. The lowest BCUT2D eigenvalue weighted by atomic mass is 9.79. The highest BCUT2D eigenvalue weighted by molar-refractivity contribution is 7.99. The van der Waals surface area contributed by atoms with Gasteiger partial charge in [-0.3, -0.25) is 4.79 Å². The maximum atomic E-state index is 12.5. The molecule has 1 saturated heterocycles. The van der Waals surface area contributed by atoms with Crippen molar-refractivity contribution in [3.8, 4) is 0 Å². The molecule has 2 unspecified atom stereocenters. The molecule has 19 heavy (non-hydrogen) atoms. The van der Waals surface area contributed by atoms with Crippen molar-refractivity contribution in [1.29, 1.82) is 0 Å². The Labute approximate surface area is 120 Å². The number of nitrogens with one attached hydrogen (secondary N) is 1. The van der Waals surface area contributed by atoms with E-state index in [1.165, 1.54) is 6.42 Å². The van der Waals surface area contributed by atoms with E-state index in [1.807, 2.05) is 11.8 Å². The van der Waals surface area contributed by atoms with Gasteiger partial charge in [-0.2, -0.15) is 11.8 Å². The number of hydrogen-bond donors (Lipinski definition) is 2. The summed E-state index contributed by atoms with van der Waals surface area (Å²) in [6, 6.07) is 0.350. The fourth-order valence-corrected chi connectivity index (χ4v) is 4.23. The van der Waals surface area contributed by atoms with Crippen molar-refractivity contribution >= 4 is 17.7 Å². The lowest BCUT2D eigenvalue weighted by Gasteiger charge is -2.35. The van der Waals surface area contributed by atoms with Gasteiger partial charge in [-0.1, -0.05) is 6.92 Å². The number of nitrogens with two attached hydrogens (primary N) is 1. The number of ether oxygens (including phenoxy) is 1. The molecule has 5 heteroatoms. The standard InChI is InChI=1S/C14H26N2O2S/c1-2-19-12-4-3-11(9-12)16-13(17)14(10-15)5-7-18-8-6-14/h11-12H,2-10,15H2,1H3,(H,16,17). The SMILES string of the molecule is CCSC1CCC(NC(=O)C2(CN)CCOCC2)C1. The van der Waals surface area contributed by atoms with Crippen LogP contribution in [0.1, 0.15) is 39.0 Å². The molecule has 110 valence electrons. The predicted molar refractivity (Wildman–Crippen MR) is 79.2 cm³/mol. The summed E-state index contributed by atoms with van der Waals surface area (Å²) in [7, 11) is 0. The lowest BCUT2D eigenvalue weighted by Crippen LogP contribution is -2.51. The second kappa shape index (κ2) is 6.95. The third-order valence-corrected chi connectivity index (χ3v) is 5.68. The molecule has 0 aromatic heterocycles. The molecule has 0 radical (unpaired) electrons. The van der Waals surface area contributed by atoms with Crippen LogP contribution in [-0.4, -0.2) is 42.7 Å². The van der Waals surface area contributed by atoms with E-state index in [2.05, 4.69) is 12.2 Å². The van der Waals surface area contributed by atoms with Gasteiger partial charge >= 0.3 is 0 Å². The van der Waals surface area contributed by atoms with E-state index in [0.29, 0.717) is 25.8 Å². The highest BCUT2D eigenvalue weighted by atomic mass is 32.2. The molecule has 0 aromatic carbocycles. The van der Waals surface area contributed by atoms with E-state index >= 15 is 0 Å². The summed E-state index contributed by atoms with van der Waals surface area (Å²) < 4.78 is 5.36. The molecule has 2 aliphatic rings. The Hall–Kier alpha value is -0.260. The van der Waals surface area contributed by atoms with Crippen molar-refractivity contribution in [3.05, 3.63) is 0 Å². The Morgan fingerprint density at radius 3 is 2.79 bits per heavy atom. The van der Waals surface area contributed by atoms with Gasteiger partial charge in [-0.05, 0) is 37.9 Å². The van der Waals surface area contributed by atoms with E-state index in [0.717, 1.165) is 36.7 Å². The summed E-state index contributed by atoms with van der Waals surface area (Å²) in [5, 5.41) is 3.96. The van der Waals surface area contributed by atoms with Crippen molar-refractivity contribution in [2.75, 3.05) is 25.5 Å². The zero-order valence-electron chi connectivity index (χ0n) is 11.8. The van der Waals surface area contributed by atoms with Gasteiger partial charge in [0.1, 0.15) is 0 Å². The van der Waals surface area contributed by atoms with Crippen molar-refractivity contribution in [2.24, 2.45) is 11.1 Å². The Bertz CT molecular complexity index is 306. The van der Waals surface area contributed by atoms with Crippen LogP contribution in [0.3, 0.4) is 0 Å². The molecular formula is C14H26N2O2S. The zero-order chi connectivity index (χ0) is 13.7. The van der Waals surface area contributed by atoms with Crippen LogP contribution in [0.4, 0.5) is 0 Å². The first-order valence-electron chi connectivity index (χ1n) is 7.40. The van der Waals surface area contributed by atoms with Crippen LogP contribution in [0.2, 0.25) is 0 Å². The first-order chi connectivity index (χ1) is 9.20. The monoisotopic (exact) mass is 286 g/mol. The average molecular weight is 286 g/mol. The normalized spacial score (nSPS) is 30.2. The van der Waals surface area contributed by atoms with Crippen molar-refractivity contribution < 1.29 is 9.53 Å². The highest BCUT2D eigenvalue weighted by Gasteiger charge is 2.40. The third kappa shape index (κ3) is 3.64. The molecule has 2 atom stereocenters. The minimum atomic E-state index is -0.381. The van der Waals surface area contributed by atoms with Gasteiger partial charge in [0.2, 0.25) is 5.91 Å². The number of carbonyl (C=O) groups is 1. The topological polar surface area (TPSA) is 64.4 Å². The first kappa shape index (κ1) is 15.1. The molecule has 2 fully saturated rings. The lowest BCUT2D eigenvalue weighted by molar-refractivity contribution is -0.136. The maximum absolute atomic E-state index is 12.5. The molecule has 1 aliphatic carbocycles. The quantitative estimate of drug-likeness (QED) is 0.804. The van der Waals surface area contributed by atoms with Gasteiger partial charge in [0.15, 0.2) is 0 Å². The summed E-state index contributed by atoms with van der Waals surface area (Å²) in [4.78, 5) is 12.5. The molecule has 1 amide bonds. The summed E-state index contributed by atoms with van der Waals surface area (Å²) >= 11 is 2.01. The fourth-order valence-electron chi connectivity index (χ4n) is 3.08. The summed E-state index contributed by atoms with van der Waals surface area (Å²) in [6.45, 7) is 3.94.